The zero-order chi connectivity index (χ0) is 21.3. The summed E-state index contributed by atoms with van der Waals surface area (Å²) < 4.78 is 42.5. The number of hydrogen-bond acceptors (Lipinski definition) is 8. The highest BCUT2D eigenvalue weighted by Gasteiger charge is 2.27. The summed E-state index contributed by atoms with van der Waals surface area (Å²) in [4.78, 5) is 26.2. The summed E-state index contributed by atoms with van der Waals surface area (Å²) in [6.07, 6.45) is 3.29. The van der Waals surface area contributed by atoms with Crippen LogP contribution in [0.15, 0.2) is 46.5 Å². The van der Waals surface area contributed by atoms with Crippen molar-refractivity contribution in [2.45, 2.75) is 19.6 Å². The number of carbonyl (C=O) groups excluding carboxylic acids is 2. The van der Waals surface area contributed by atoms with Crippen LogP contribution < -0.4 is 14.8 Å². The molecule has 4 rings (SSSR count). The molecule has 10 nitrogen and oxygen atoms in total. The van der Waals surface area contributed by atoms with Gasteiger partial charge in [-0.15, -0.1) is 4.40 Å². The minimum absolute atomic E-state index is 0.137. The van der Waals surface area contributed by atoms with E-state index in [1.165, 1.54) is 25.3 Å². The summed E-state index contributed by atoms with van der Waals surface area (Å²) in [7, 11) is -3.47. The number of sulfonamides is 1. The van der Waals surface area contributed by atoms with Crippen LogP contribution in [0.25, 0.3) is 0 Å². The highest BCUT2D eigenvalue weighted by Crippen LogP contribution is 2.32. The molecular formula is C19H19N3O7S. The van der Waals surface area contributed by atoms with E-state index >= 15 is 0 Å². The molecule has 3 aliphatic rings. The van der Waals surface area contributed by atoms with Crippen molar-refractivity contribution < 1.29 is 32.2 Å². The number of ether oxygens (including phenoxy) is 3. The molecule has 158 valence electrons. The zero-order valence-electron chi connectivity index (χ0n) is 16.0. The van der Waals surface area contributed by atoms with Crippen molar-refractivity contribution in [3.63, 3.8) is 0 Å². The minimum Gasteiger partial charge on any atom is -0.454 e. The van der Waals surface area contributed by atoms with Crippen LogP contribution >= 0.6 is 0 Å². The molecule has 1 amide bonds. The molecule has 1 aromatic rings. The van der Waals surface area contributed by atoms with Crippen molar-refractivity contribution >= 4 is 27.7 Å². The summed E-state index contributed by atoms with van der Waals surface area (Å²) >= 11 is 0. The van der Waals surface area contributed by atoms with E-state index in [4.69, 9.17) is 14.2 Å². The van der Waals surface area contributed by atoms with Crippen LogP contribution in [0.1, 0.15) is 12.5 Å². The Morgan fingerprint density at radius 2 is 2.07 bits per heavy atom. The van der Waals surface area contributed by atoms with Gasteiger partial charge in [-0.1, -0.05) is 6.07 Å². The number of nitrogens with one attached hydrogen (secondary N) is 1. The maximum atomic E-state index is 12.4. The molecule has 30 heavy (non-hydrogen) atoms. The minimum atomic E-state index is -3.47. The zero-order valence-corrected chi connectivity index (χ0v) is 16.8. The molecule has 0 aromatic heterocycles. The maximum Gasteiger partial charge on any atom is 0.340 e. The van der Waals surface area contributed by atoms with Gasteiger partial charge in [-0.05, 0) is 36.8 Å². The smallest absolute Gasteiger partial charge is 0.340 e. The highest BCUT2D eigenvalue weighted by atomic mass is 32.2. The Labute approximate surface area is 172 Å². The average Bonchev–Trinajstić information content (AvgIpc) is 3.18. The van der Waals surface area contributed by atoms with Crippen LogP contribution in [0.3, 0.4) is 0 Å². The summed E-state index contributed by atoms with van der Waals surface area (Å²) in [5.74, 6) is 0.234. The van der Waals surface area contributed by atoms with E-state index in [2.05, 4.69) is 9.71 Å². The second-order valence-electron chi connectivity index (χ2n) is 6.80. The monoisotopic (exact) mass is 433 g/mol. The number of nitrogens with zero attached hydrogens (tertiary/aromatic N) is 2. The average molecular weight is 433 g/mol. The Morgan fingerprint density at radius 1 is 1.27 bits per heavy atom. The van der Waals surface area contributed by atoms with E-state index in [0.29, 0.717) is 11.5 Å². The first-order valence-corrected chi connectivity index (χ1v) is 10.8. The van der Waals surface area contributed by atoms with Crippen molar-refractivity contribution in [2.24, 2.45) is 4.40 Å². The normalized spacial score (nSPS) is 19.3. The highest BCUT2D eigenvalue weighted by molar-refractivity contribution is 7.90. The van der Waals surface area contributed by atoms with E-state index in [9.17, 15) is 18.0 Å². The van der Waals surface area contributed by atoms with Gasteiger partial charge in [0.05, 0.1) is 11.3 Å². The molecule has 0 saturated heterocycles. The Bertz CT molecular complexity index is 1090. The molecule has 3 heterocycles. The third-order valence-corrected chi connectivity index (χ3v) is 5.78. The fraction of sp³-hybridized carbons (Fsp3) is 0.316. The van der Waals surface area contributed by atoms with E-state index in [1.807, 2.05) is 0 Å². The maximum absolute atomic E-state index is 12.4. The van der Waals surface area contributed by atoms with Gasteiger partial charge in [0.15, 0.2) is 17.6 Å². The quantitative estimate of drug-likeness (QED) is 0.665. The fourth-order valence-corrected chi connectivity index (χ4v) is 3.96. The Morgan fingerprint density at radius 3 is 2.90 bits per heavy atom. The first-order chi connectivity index (χ1) is 14.3. The van der Waals surface area contributed by atoms with Crippen LogP contribution in [0.2, 0.25) is 0 Å². The SMILES string of the molecule is C[C@H](OC(=O)C1=CN2CCS(=O)(=O)N=C2C=C1)C(=O)NCc1ccc2c(c1)OCO2. The van der Waals surface area contributed by atoms with Gasteiger partial charge in [-0.2, -0.15) is 0 Å². The predicted octanol–water partition coefficient (Wildman–Crippen LogP) is 0.461. The van der Waals surface area contributed by atoms with E-state index in [1.54, 1.807) is 23.1 Å². The molecule has 0 aliphatic carbocycles. The van der Waals surface area contributed by atoms with Crippen LogP contribution in [0.4, 0.5) is 0 Å². The van der Waals surface area contributed by atoms with Crippen molar-refractivity contribution in [3.8, 4) is 11.5 Å². The molecule has 1 N–H and O–H groups in total. The van der Waals surface area contributed by atoms with E-state index in [0.717, 1.165) is 5.56 Å². The number of carbonyl (C=O) groups is 2. The summed E-state index contributed by atoms with van der Waals surface area (Å²) in [5.41, 5.74) is 1.01. The second kappa shape index (κ2) is 7.82. The number of hydrogen-bond donors (Lipinski definition) is 1. The van der Waals surface area contributed by atoms with Crippen molar-refractivity contribution in [2.75, 3.05) is 19.1 Å². The van der Waals surface area contributed by atoms with Crippen LogP contribution in [-0.4, -0.2) is 56.2 Å². The van der Waals surface area contributed by atoms with Crippen LogP contribution in [-0.2, 0) is 30.9 Å². The molecule has 0 unspecified atom stereocenters. The number of benzene rings is 1. The Kier molecular flexibility index (Phi) is 5.20. The van der Waals surface area contributed by atoms with Gasteiger partial charge < -0.3 is 24.4 Å². The molecule has 0 fully saturated rings. The molecule has 0 saturated carbocycles. The lowest BCUT2D eigenvalue weighted by atomic mass is 10.2. The van der Waals surface area contributed by atoms with Gasteiger partial charge in [-0.3, -0.25) is 4.79 Å². The molecular weight excluding hydrogens is 414 g/mol. The molecule has 1 atom stereocenters. The second-order valence-corrected chi connectivity index (χ2v) is 8.55. The van der Waals surface area contributed by atoms with Gasteiger partial charge in [-0.25, -0.2) is 13.2 Å². The van der Waals surface area contributed by atoms with Crippen molar-refractivity contribution in [3.05, 3.63) is 47.7 Å². The molecule has 1 aromatic carbocycles. The lowest BCUT2D eigenvalue weighted by Crippen LogP contribution is -2.38. The van der Waals surface area contributed by atoms with E-state index in [-0.39, 0.29) is 37.0 Å². The van der Waals surface area contributed by atoms with Crippen LogP contribution in [0.5, 0.6) is 11.5 Å². The summed E-state index contributed by atoms with van der Waals surface area (Å²) in [5, 5.41) is 2.71. The number of rotatable bonds is 5. The Hall–Kier alpha value is -3.34. The number of fused-ring (bicyclic) bond motifs is 2. The number of esters is 1. The van der Waals surface area contributed by atoms with Gasteiger partial charge in [0, 0.05) is 19.3 Å². The van der Waals surface area contributed by atoms with Crippen LogP contribution in [0, 0.1) is 0 Å². The summed E-state index contributed by atoms with van der Waals surface area (Å²) in [6.45, 7) is 2.07. The molecule has 0 bridgehead atoms. The first kappa shape index (κ1) is 20.0. The molecule has 3 aliphatic heterocycles. The molecule has 0 radical (unpaired) electrons. The lowest BCUT2D eigenvalue weighted by Gasteiger charge is -2.27. The standard InChI is InChI=1S/C19H19N3O7S/c1-12(18(23)20-9-13-2-4-15-16(8-13)28-11-27-15)29-19(24)14-3-5-17-21-30(25,26)7-6-22(17)10-14/h2-5,8,10,12H,6-7,9,11H2,1H3,(H,20,23)/t12-/m0/s1. The number of amidine groups is 1. The number of amides is 1. The lowest BCUT2D eigenvalue weighted by molar-refractivity contribution is -0.151. The van der Waals surface area contributed by atoms with Gasteiger partial charge in [0.25, 0.3) is 15.9 Å². The van der Waals surface area contributed by atoms with E-state index < -0.39 is 28.0 Å². The fourth-order valence-electron chi connectivity index (χ4n) is 2.99. The summed E-state index contributed by atoms with van der Waals surface area (Å²) in [6, 6.07) is 5.34. The third kappa shape index (κ3) is 4.30. The van der Waals surface area contributed by atoms with Gasteiger partial charge in [0.2, 0.25) is 6.79 Å². The van der Waals surface area contributed by atoms with Crippen molar-refractivity contribution in [1.82, 2.24) is 10.2 Å². The topological polar surface area (TPSA) is 124 Å². The third-order valence-electron chi connectivity index (χ3n) is 4.62. The molecule has 0 spiro atoms. The van der Waals surface area contributed by atoms with Gasteiger partial charge >= 0.3 is 5.97 Å². The Balaban J connectivity index is 1.32. The van der Waals surface area contributed by atoms with Gasteiger partial charge in [0.1, 0.15) is 5.84 Å². The molecule has 11 heteroatoms. The largest absolute Gasteiger partial charge is 0.454 e. The van der Waals surface area contributed by atoms with Crippen molar-refractivity contribution in [1.29, 1.82) is 0 Å². The first-order valence-electron chi connectivity index (χ1n) is 9.17. The predicted molar refractivity (Wildman–Crippen MR) is 105 cm³/mol.